The fourth-order valence-corrected chi connectivity index (χ4v) is 5.01. The molecule has 0 amide bonds. The summed E-state index contributed by atoms with van der Waals surface area (Å²) in [6.07, 6.45) is 0. The Bertz CT molecular complexity index is 628. The largest absolute Gasteiger partial charge is 0.493 e. The number of nitrogens with one attached hydrogen (secondary N) is 1. The second-order valence-electron chi connectivity index (χ2n) is 5.15. The van der Waals surface area contributed by atoms with Crippen LogP contribution >= 0.6 is 15.9 Å². The van der Waals surface area contributed by atoms with Crippen LogP contribution in [0.5, 0.6) is 11.5 Å². The molecular formula is C14H22BrN2O4S+. The Morgan fingerprint density at radius 3 is 2.23 bits per heavy atom. The lowest BCUT2D eigenvalue weighted by Crippen LogP contribution is -3.14. The number of quaternary nitrogens is 1. The van der Waals surface area contributed by atoms with E-state index in [4.69, 9.17) is 9.47 Å². The van der Waals surface area contributed by atoms with Gasteiger partial charge in [0, 0.05) is 10.5 Å². The van der Waals surface area contributed by atoms with Crippen LogP contribution in [0.15, 0.2) is 21.5 Å². The molecule has 0 spiro atoms. The minimum atomic E-state index is -3.54. The number of methoxy groups -OCH3 is 2. The van der Waals surface area contributed by atoms with Crippen LogP contribution in [0.2, 0.25) is 0 Å². The fourth-order valence-electron chi connectivity index (χ4n) is 2.57. The summed E-state index contributed by atoms with van der Waals surface area (Å²) in [6, 6.07) is 3.14. The van der Waals surface area contributed by atoms with E-state index in [-0.39, 0.29) is 4.90 Å². The standard InChI is InChI=1S/C14H21BrN2O4S/c1-4-16-5-7-17(8-6-16)22(18,19)14-10-13(21-3)12(20-2)9-11(14)15/h9-10H,4-8H2,1-3H3/p+1. The second kappa shape index (κ2) is 7.16. The van der Waals surface area contributed by atoms with Crippen LogP contribution in [0.25, 0.3) is 0 Å². The molecule has 1 N–H and O–H groups in total. The zero-order valence-corrected chi connectivity index (χ0v) is 15.5. The summed E-state index contributed by atoms with van der Waals surface area (Å²) < 4.78 is 38.2. The lowest BCUT2D eigenvalue weighted by atomic mass is 10.3. The summed E-state index contributed by atoms with van der Waals surface area (Å²) in [5.41, 5.74) is 0. The van der Waals surface area contributed by atoms with Crippen LogP contribution < -0.4 is 14.4 Å². The Balaban J connectivity index is 2.34. The molecule has 1 fully saturated rings. The van der Waals surface area contributed by atoms with Crippen molar-refractivity contribution < 1.29 is 22.8 Å². The first-order valence-electron chi connectivity index (χ1n) is 7.19. The van der Waals surface area contributed by atoms with Crippen molar-refractivity contribution in [2.45, 2.75) is 11.8 Å². The summed E-state index contributed by atoms with van der Waals surface area (Å²) in [5.74, 6) is 0.899. The van der Waals surface area contributed by atoms with Gasteiger partial charge in [0.25, 0.3) is 0 Å². The van der Waals surface area contributed by atoms with Gasteiger partial charge in [0.1, 0.15) is 4.90 Å². The molecule has 1 aromatic rings. The minimum Gasteiger partial charge on any atom is -0.493 e. The SMILES string of the molecule is CC[NH+]1CCN(S(=O)(=O)c2cc(OC)c(OC)cc2Br)CC1. The topological polar surface area (TPSA) is 60.3 Å². The predicted molar refractivity (Wildman–Crippen MR) is 87.2 cm³/mol. The maximum atomic E-state index is 12.9. The first kappa shape index (κ1) is 17.5. The van der Waals surface area contributed by atoms with Crippen LogP contribution in [0.3, 0.4) is 0 Å². The van der Waals surface area contributed by atoms with Crippen LogP contribution in [0.4, 0.5) is 0 Å². The quantitative estimate of drug-likeness (QED) is 0.785. The van der Waals surface area contributed by atoms with Crippen LogP contribution in [-0.4, -0.2) is 59.7 Å². The number of likely N-dealkylation sites (N-methyl/N-ethyl adjacent to an activating group) is 1. The number of rotatable bonds is 5. The molecule has 0 atom stereocenters. The van der Waals surface area contributed by atoms with Crippen molar-refractivity contribution in [1.82, 2.24) is 4.31 Å². The summed E-state index contributed by atoms with van der Waals surface area (Å²) in [4.78, 5) is 1.64. The smallest absolute Gasteiger partial charge is 0.244 e. The molecule has 0 aromatic heterocycles. The fraction of sp³-hybridized carbons (Fsp3) is 0.571. The highest BCUT2D eigenvalue weighted by Crippen LogP contribution is 2.36. The maximum Gasteiger partial charge on any atom is 0.244 e. The van der Waals surface area contributed by atoms with E-state index in [0.717, 1.165) is 19.6 Å². The van der Waals surface area contributed by atoms with Gasteiger partial charge in [-0.05, 0) is 28.9 Å². The molecule has 0 bridgehead atoms. The normalized spacial score (nSPS) is 17.5. The van der Waals surface area contributed by atoms with Gasteiger partial charge in [-0.3, -0.25) is 0 Å². The van der Waals surface area contributed by atoms with Gasteiger partial charge in [0.2, 0.25) is 10.0 Å². The zero-order chi connectivity index (χ0) is 16.3. The molecule has 6 nitrogen and oxygen atoms in total. The van der Waals surface area contributed by atoms with Crippen molar-refractivity contribution in [2.24, 2.45) is 0 Å². The summed E-state index contributed by atoms with van der Waals surface area (Å²) in [6.45, 7) is 5.87. The molecule has 22 heavy (non-hydrogen) atoms. The molecule has 1 aromatic carbocycles. The summed E-state index contributed by atoms with van der Waals surface area (Å²) in [5, 5.41) is 0. The molecule has 1 aliphatic heterocycles. The molecule has 0 saturated carbocycles. The number of piperazine rings is 1. The second-order valence-corrected chi connectivity index (χ2v) is 7.91. The number of ether oxygens (including phenoxy) is 2. The van der Waals surface area contributed by atoms with Gasteiger partial charge in [-0.25, -0.2) is 8.42 Å². The summed E-state index contributed by atoms with van der Waals surface area (Å²) >= 11 is 3.33. The van der Waals surface area contributed by atoms with E-state index in [1.54, 1.807) is 6.07 Å². The maximum absolute atomic E-state index is 12.9. The van der Waals surface area contributed by atoms with Crippen LogP contribution in [0, 0.1) is 0 Å². The zero-order valence-electron chi connectivity index (χ0n) is 13.1. The average Bonchev–Trinajstić information content (AvgIpc) is 2.54. The molecule has 0 aliphatic carbocycles. The third kappa shape index (κ3) is 3.40. The molecule has 8 heteroatoms. The van der Waals surface area contributed by atoms with Crippen molar-refractivity contribution >= 4 is 26.0 Å². The van der Waals surface area contributed by atoms with E-state index in [1.807, 2.05) is 0 Å². The van der Waals surface area contributed by atoms with Crippen molar-refractivity contribution in [3.05, 3.63) is 16.6 Å². The third-order valence-electron chi connectivity index (χ3n) is 3.99. The molecule has 2 rings (SSSR count). The van der Waals surface area contributed by atoms with Gasteiger partial charge < -0.3 is 14.4 Å². The molecule has 1 aliphatic rings. The summed E-state index contributed by atoms with van der Waals surface area (Å²) in [7, 11) is -0.534. The van der Waals surface area contributed by atoms with Gasteiger partial charge in [-0.1, -0.05) is 0 Å². The molecule has 0 radical (unpaired) electrons. The highest BCUT2D eigenvalue weighted by Gasteiger charge is 2.32. The van der Waals surface area contributed by atoms with E-state index in [2.05, 4.69) is 22.9 Å². The van der Waals surface area contributed by atoms with Gasteiger partial charge in [0.15, 0.2) is 11.5 Å². The van der Waals surface area contributed by atoms with E-state index in [1.165, 1.54) is 29.5 Å². The lowest BCUT2D eigenvalue weighted by Gasteiger charge is -2.31. The highest BCUT2D eigenvalue weighted by atomic mass is 79.9. The Morgan fingerprint density at radius 2 is 1.73 bits per heavy atom. The molecular weight excluding hydrogens is 372 g/mol. The van der Waals surface area contributed by atoms with E-state index in [0.29, 0.717) is 29.1 Å². The molecule has 1 heterocycles. The number of nitrogens with zero attached hydrogens (tertiary/aromatic N) is 1. The van der Waals surface area contributed by atoms with Crippen molar-refractivity contribution in [1.29, 1.82) is 0 Å². The average molecular weight is 394 g/mol. The minimum absolute atomic E-state index is 0.213. The molecule has 0 unspecified atom stereocenters. The molecule has 1 saturated heterocycles. The number of hydrogen-bond acceptors (Lipinski definition) is 4. The van der Waals surface area contributed by atoms with E-state index < -0.39 is 10.0 Å². The Hall–Kier alpha value is -0.830. The highest BCUT2D eigenvalue weighted by molar-refractivity contribution is 9.10. The first-order chi connectivity index (χ1) is 10.4. The van der Waals surface area contributed by atoms with Crippen LogP contribution in [0.1, 0.15) is 6.92 Å². The number of sulfonamides is 1. The van der Waals surface area contributed by atoms with Crippen LogP contribution in [-0.2, 0) is 10.0 Å². The van der Waals surface area contributed by atoms with Gasteiger partial charge in [-0.15, -0.1) is 0 Å². The Morgan fingerprint density at radius 1 is 1.18 bits per heavy atom. The molecule has 124 valence electrons. The van der Waals surface area contributed by atoms with Crippen molar-refractivity contribution in [3.8, 4) is 11.5 Å². The lowest BCUT2D eigenvalue weighted by molar-refractivity contribution is -0.901. The Labute approximate surface area is 140 Å². The predicted octanol–water partition coefficient (Wildman–Crippen LogP) is 0.375. The first-order valence-corrected chi connectivity index (χ1v) is 9.42. The van der Waals surface area contributed by atoms with Gasteiger partial charge >= 0.3 is 0 Å². The van der Waals surface area contributed by atoms with Crippen molar-refractivity contribution in [3.63, 3.8) is 0 Å². The Kier molecular flexibility index (Phi) is 5.70. The van der Waals surface area contributed by atoms with E-state index in [9.17, 15) is 8.42 Å². The van der Waals surface area contributed by atoms with Gasteiger partial charge in [-0.2, -0.15) is 4.31 Å². The number of hydrogen-bond donors (Lipinski definition) is 1. The number of benzene rings is 1. The van der Waals surface area contributed by atoms with E-state index >= 15 is 0 Å². The van der Waals surface area contributed by atoms with Crippen molar-refractivity contribution in [2.75, 3.05) is 46.9 Å². The number of halogens is 1. The third-order valence-corrected chi connectivity index (χ3v) is 6.84. The monoisotopic (exact) mass is 393 g/mol. The van der Waals surface area contributed by atoms with Gasteiger partial charge in [0.05, 0.1) is 46.9 Å².